The second-order valence-corrected chi connectivity index (χ2v) is 9.14. The third kappa shape index (κ3) is 8.62. The van der Waals surface area contributed by atoms with Crippen molar-refractivity contribution in [1.82, 2.24) is 0 Å². The van der Waals surface area contributed by atoms with Crippen LogP contribution in [0.15, 0.2) is 36.4 Å². The van der Waals surface area contributed by atoms with E-state index in [0.717, 1.165) is 99.3 Å². The van der Waals surface area contributed by atoms with Crippen molar-refractivity contribution in [1.29, 1.82) is 0 Å². The summed E-state index contributed by atoms with van der Waals surface area (Å²) < 4.78 is 0. The van der Waals surface area contributed by atoms with Crippen LogP contribution in [0.1, 0.15) is 122 Å². The molecule has 4 heteroatoms. The molecule has 0 fully saturated rings. The number of hydrogen-bond donors (Lipinski definition) is 0. The highest BCUT2D eigenvalue weighted by atomic mass is 17.2. The summed E-state index contributed by atoms with van der Waals surface area (Å²) in [5, 5.41) is 0. The Morgan fingerprint density at radius 3 is 1.26 bits per heavy atom. The molecular formula is C30H42O4. The average molecular weight is 467 g/mol. The van der Waals surface area contributed by atoms with Crippen LogP contribution in [0.2, 0.25) is 0 Å². The number of unbranched alkanes of at least 4 members (excludes halogenated alkanes) is 4. The van der Waals surface area contributed by atoms with Gasteiger partial charge in [0.05, 0.1) is 11.1 Å². The highest BCUT2D eigenvalue weighted by Crippen LogP contribution is 2.20. The van der Waals surface area contributed by atoms with E-state index in [4.69, 9.17) is 9.78 Å². The fraction of sp³-hybridized carbons (Fsp3) is 0.533. The van der Waals surface area contributed by atoms with Crippen LogP contribution in [-0.4, -0.2) is 11.9 Å². The van der Waals surface area contributed by atoms with Crippen LogP contribution >= 0.6 is 0 Å². The quantitative estimate of drug-likeness (QED) is 0.209. The Morgan fingerprint density at radius 2 is 0.912 bits per heavy atom. The molecule has 0 amide bonds. The van der Waals surface area contributed by atoms with Crippen molar-refractivity contribution < 1.29 is 19.4 Å². The van der Waals surface area contributed by atoms with E-state index < -0.39 is 11.9 Å². The number of carbonyl (C=O) groups is 2. The van der Waals surface area contributed by atoms with Crippen molar-refractivity contribution in [3.8, 4) is 0 Å². The van der Waals surface area contributed by atoms with Crippen LogP contribution in [-0.2, 0) is 35.5 Å². The summed E-state index contributed by atoms with van der Waals surface area (Å²) in [7, 11) is 0. The van der Waals surface area contributed by atoms with Gasteiger partial charge in [0.25, 0.3) is 0 Å². The zero-order chi connectivity index (χ0) is 24.8. The van der Waals surface area contributed by atoms with Gasteiger partial charge in [-0.2, -0.15) is 0 Å². The minimum Gasteiger partial charge on any atom is -0.241 e. The minimum absolute atomic E-state index is 0.498. The van der Waals surface area contributed by atoms with Gasteiger partial charge in [0.1, 0.15) is 0 Å². The highest BCUT2D eigenvalue weighted by molar-refractivity contribution is 5.94. The summed E-state index contributed by atoms with van der Waals surface area (Å²) in [6.07, 6.45) is 11.8. The van der Waals surface area contributed by atoms with Crippen LogP contribution in [0.25, 0.3) is 0 Å². The molecule has 2 rings (SSSR count). The van der Waals surface area contributed by atoms with Gasteiger partial charge >= 0.3 is 11.9 Å². The molecule has 0 bridgehead atoms. The molecule has 0 aliphatic carbocycles. The molecule has 186 valence electrons. The average Bonchev–Trinajstić information content (AvgIpc) is 2.87. The van der Waals surface area contributed by atoms with E-state index in [0.29, 0.717) is 11.1 Å². The Hall–Kier alpha value is -2.62. The van der Waals surface area contributed by atoms with Gasteiger partial charge in [-0.15, -0.1) is 0 Å². The Bertz CT molecular complexity index is 841. The SMILES string of the molecule is CCCCc1ccc(CCCC)c(C(=O)OOC(=O)c2cc(CCCC)ccc2CCCC)c1. The van der Waals surface area contributed by atoms with E-state index in [1.54, 1.807) is 0 Å². The molecular weight excluding hydrogens is 424 g/mol. The Kier molecular flexibility index (Phi) is 12.4. The molecule has 2 aromatic carbocycles. The number of aryl methyl sites for hydroxylation is 4. The standard InChI is InChI=1S/C30H42O4/c1-5-9-13-23-17-19-25(15-11-7-3)27(21-23)29(31)33-34-30(32)28-22-24(14-10-6-2)18-20-26(28)16-12-8-4/h17-22H,5-16H2,1-4H3. The molecule has 4 nitrogen and oxygen atoms in total. The molecule has 0 atom stereocenters. The first-order chi connectivity index (χ1) is 16.5. The molecule has 0 aromatic heterocycles. The summed E-state index contributed by atoms with van der Waals surface area (Å²) in [5.74, 6) is -1.20. The molecule has 0 saturated heterocycles. The molecule has 34 heavy (non-hydrogen) atoms. The van der Waals surface area contributed by atoms with Gasteiger partial charge in [0, 0.05) is 0 Å². The Labute approximate surface area is 206 Å². The maximum atomic E-state index is 13.0. The maximum Gasteiger partial charge on any atom is 0.386 e. The van der Waals surface area contributed by atoms with E-state index in [-0.39, 0.29) is 0 Å². The topological polar surface area (TPSA) is 52.6 Å². The summed E-state index contributed by atoms with van der Waals surface area (Å²) in [6.45, 7) is 8.55. The Morgan fingerprint density at radius 1 is 0.559 bits per heavy atom. The Balaban J connectivity index is 2.18. The predicted molar refractivity (Wildman–Crippen MR) is 138 cm³/mol. The maximum absolute atomic E-state index is 13.0. The number of rotatable bonds is 14. The van der Waals surface area contributed by atoms with Gasteiger partial charge < -0.3 is 0 Å². The minimum atomic E-state index is -0.602. The summed E-state index contributed by atoms with van der Waals surface area (Å²) >= 11 is 0. The van der Waals surface area contributed by atoms with Gasteiger partial charge in [-0.05, 0) is 85.8 Å². The van der Waals surface area contributed by atoms with Gasteiger partial charge in [-0.25, -0.2) is 19.4 Å². The summed E-state index contributed by atoms with van der Waals surface area (Å²) in [6, 6.07) is 12.0. The molecule has 0 aliphatic rings. The van der Waals surface area contributed by atoms with Gasteiger partial charge in [0.2, 0.25) is 0 Å². The summed E-state index contributed by atoms with van der Waals surface area (Å²) in [5.41, 5.74) is 5.08. The zero-order valence-corrected chi connectivity index (χ0v) is 21.6. The first kappa shape index (κ1) is 27.6. The normalized spacial score (nSPS) is 10.8. The molecule has 0 heterocycles. The molecule has 0 spiro atoms. The van der Waals surface area contributed by atoms with Gasteiger partial charge in [0.15, 0.2) is 0 Å². The van der Waals surface area contributed by atoms with Gasteiger partial charge in [-0.1, -0.05) is 77.6 Å². The van der Waals surface area contributed by atoms with E-state index in [2.05, 4.69) is 39.8 Å². The lowest BCUT2D eigenvalue weighted by Gasteiger charge is -2.12. The van der Waals surface area contributed by atoms with Crippen molar-refractivity contribution in [3.05, 3.63) is 69.8 Å². The lowest BCUT2D eigenvalue weighted by molar-refractivity contribution is -0.187. The second-order valence-electron chi connectivity index (χ2n) is 9.14. The number of carbonyl (C=O) groups excluding carboxylic acids is 2. The highest BCUT2D eigenvalue weighted by Gasteiger charge is 2.20. The number of hydrogen-bond acceptors (Lipinski definition) is 4. The van der Waals surface area contributed by atoms with Crippen molar-refractivity contribution in [3.63, 3.8) is 0 Å². The molecule has 0 N–H and O–H groups in total. The van der Waals surface area contributed by atoms with Crippen molar-refractivity contribution in [2.45, 2.75) is 105 Å². The lowest BCUT2D eigenvalue weighted by atomic mass is 9.97. The largest absolute Gasteiger partial charge is 0.386 e. The van der Waals surface area contributed by atoms with E-state index in [1.807, 2.05) is 24.3 Å². The first-order valence-electron chi connectivity index (χ1n) is 13.2. The van der Waals surface area contributed by atoms with Crippen molar-refractivity contribution in [2.24, 2.45) is 0 Å². The van der Waals surface area contributed by atoms with E-state index in [9.17, 15) is 9.59 Å². The van der Waals surface area contributed by atoms with Crippen LogP contribution in [0, 0.1) is 0 Å². The number of benzene rings is 2. The van der Waals surface area contributed by atoms with Crippen LogP contribution in [0.3, 0.4) is 0 Å². The molecule has 0 radical (unpaired) electrons. The molecule has 0 aliphatic heterocycles. The van der Waals surface area contributed by atoms with E-state index in [1.165, 1.54) is 0 Å². The van der Waals surface area contributed by atoms with Crippen LogP contribution in [0.5, 0.6) is 0 Å². The van der Waals surface area contributed by atoms with Gasteiger partial charge in [-0.3, -0.25) is 0 Å². The van der Waals surface area contributed by atoms with Crippen LogP contribution < -0.4 is 0 Å². The summed E-state index contributed by atoms with van der Waals surface area (Å²) in [4.78, 5) is 36.1. The second kappa shape index (κ2) is 15.3. The fourth-order valence-corrected chi connectivity index (χ4v) is 4.04. The third-order valence-electron chi connectivity index (χ3n) is 6.22. The van der Waals surface area contributed by atoms with Crippen LogP contribution in [0.4, 0.5) is 0 Å². The first-order valence-corrected chi connectivity index (χ1v) is 13.2. The monoisotopic (exact) mass is 466 g/mol. The smallest absolute Gasteiger partial charge is 0.241 e. The van der Waals surface area contributed by atoms with Crippen molar-refractivity contribution >= 4 is 11.9 Å². The molecule has 0 saturated carbocycles. The zero-order valence-electron chi connectivity index (χ0n) is 21.6. The predicted octanol–water partition coefficient (Wildman–Crippen LogP) is 7.99. The molecule has 2 aromatic rings. The molecule has 0 unspecified atom stereocenters. The fourth-order valence-electron chi connectivity index (χ4n) is 4.04. The van der Waals surface area contributed by atoms with Crippen molar-refractivity contribution in [2.75, 3.05) is 0 Å². The lowest BCUT2D eigenvalue weighted by Crippen LogP contribution is -2.15. The third-order valence-corrected chi connectivity index (χ3v) is 6.22. The van der Waals surface area contributed by atoms with E-state index >= 15 is 0 Å².